The first-order valence-electron chi connectivity index (χ1n) is 11.6. The number of ether oxygens (including phenoxy) is 1. The number of para-hydroxylation sites is 1. The van der Waals surface area contributed by atoms with Crippen molar-refractivity contribution in [1.82, 2.24) is 9.88 Å². The largest absolute Gasteiger partial charge is 0.497 e. The summed E-state index contributed by atoms with van der Waals surface area (Å²) in [5.74, 6) is 1.13. The highest BCUT2D eigenvalue weighted by Crippen LogP contribution is 2.40. The molecule has 0 saturated carbocycles. The number of methoxy groups -OCH3 is 1. The molecule has 5 nitrogen and oxygen atoms in total. The maximum absolute atomic E-state index is 13.5. The van der Waals surface area contributed by atoms with Gasteiger partial charge < -0.3 is 9.64 Å². The average molecular weight is 461 g/mol. The number of rotatable bonds is 5. The van der Waals surface area contributed by atoms with E-state index in [9.17, 15) is 9.59 Å². The highest BCUT2D eigenvalue weighted by atomic mass is 32.1. The van der Waals surface area contributed by atoms with Crippen LogP contribution in [0.15, 0.2) is 60.7 Å². The number of aromatic nitrogens is 1. The summed E-state index contributed by atoms with van der Waals surface area (Å²) in [7, 11) is 1.62. The van der Waals surface area contributed by atoms with Crippen LogP contribution in [0.4, 0.5) is 0 Å². The topological polar surface area (TPSA) is 59.5 Å². The van der Waals surface area contributed by atoms with E-state index in [1.165, 1.54) is 4.70 Å². The summed E-state index contributed by atoms with van der Waals surface area (Å²) in [5, 5.41) is 1.06. The van der Waals surface area contributed by atoms with Crippen molar-refractivity contribution in [2.75, 3.05) is 20.2 Å². The maximum Gasteiger partial charge on any atom is 0.226 e. The van der Waals surface area contributed by atoms with Crippen molar-refractivity contribution in [1.29, 1.82) is 0 Å². The van der Waals surface area contributed by atoms with Crippen LogP contribution in [-0.4, -0.2) is 41.8 Å². The van der Waals surface area contributed by atoms with Gasteiger partial charge >= 0.3 is 0 Å². The third-order valence-corrected chi connectivity index (χ3v) is 8.10. The number of amides is 1. The van der Waals surface area contributed by atoms with Gasteiger partial charge in [-0.1, -0.05) is 24.3 Å². The molecule has 2 unspecified atom stereocenters. The van der Waals surface area contributed by atoms with Gasteiger partial charge in [0.2, 0.25) is 5.91 Å². The summed E-state index contributed by atoms with van der Waals surface area (Å²) >= 11 is 1.71. The fourth-order valence-corrected chi connectivity index (χ4v) is 6.14. The Morgan fingerprint density at radius 3 is 2.45 bits per heavy atom. The van der Waals surface area contributed by atoms with Crippen LogP contribution in [-0.2, 0) is 4.79 Å². The Morgan fingerprint density at radius 2 is 1.73 bits per heavy atom. The van der Waals surface area contributed by atoms with E-state index in [-0.39, 0.29) is 29.4 Å². The predicted molar refractivity (Wildman–Crippen MR) is 131 cm³/mol. The fraction of sp³-hybridized carbons (Fsp3) is 0.370. The zero-order chi connectivity index (χ0) is 22.8. The number of nitrogens with zero attached hydrogens (tertiary/aromatic N) is 2. The summed E-state index contributed by atoms with van der Waals surface area (Å²) in [5.41, 5.74) is 1.73. The molecule has 1 aliphatic heterocycles. The molecule has 5 rings (SSSR count). The van der Waals surface area contributed by atoms with Gasteiger partial charge in [0.25, 0.3) is 0 Å². The number of carbonyl (C=O) groups excluding carboxylic acids is 2. The van der Waals surface area contributed by atoms with E-state index in [0.717, 1.165) is 29.1 Å². The van der Waals surface area contributed by atoms with E-state index >= 15 is 0 Å². The molecule has 1 aromatic heterocycles. The van der Waals surface area contributed by atoms with E-state index in [2.05, 4.69) is 18.2 Å². The lowest BCUT2D eigenvalue weighted by atomic mass is 9.81. The van der Waals surface area contributed by atoms with Gasteiger partial charge in [-0.25, -0.2) is 4.98 Å². The Kier molecular flexibility index (Phi) is 6.27. The van der Waals surface area contributed by atoms with Crippen LogP contribution in [0, 0.1) is 11.8 Å². The molecular formula is C27H28N2O3S. The zero-order valence-electron chi connectivity index (χ0n) is 18.8. The van der Waals surface area contributed by atoms with Gasteiger partial charge in [-0.05, 0) is 62.1 Å². The second kappa shape index (κ2) is 9.48. The lowest BCUT2D eigenvalue weighted by Crippen LogP contribution is -2.44. The van der Waals surface area contributed by atoms with Crippen molar-refractivity contribution >= 4 is 33.2 Å². The molecule has 2 aromatic carbocycles. The Labute approximate surface area is 198 Å². The number of fused-ring (bicyclic) bond motifs is 1. The van der Waals surface area contributed by atoms with Gasteiger partial charge in [0.1, 0.15) is 5.75 Å². The van der Waals surface area contributed by atoms with Crippen LogP contribution in [0.5, 0.6) is 5.75 Å². The highest BCUT2D eigenvalue weighted by Gasteiger charge is 2.37. The fourth-order valence-electron chi connectivity index (χ4n) is 5.00. The van der Waals surface area contributed by atoms with Gasteiger partial charge in [0.15, 0.2) is 5.78 Å². The summed E-state index contributed by atoms with van der Waals surface area (Å²) in [4.78, 5) is 33.3. The first-order chi connectivity index (χ1) is 16.1. The number of likely N-dealkylation sites (tertiary alicyclic amines) is 1. The molecule has 2 heterocycles. The van der Waals surface area contributed by atoms with Crippen molar-refractivity contribution in [3.05, 3.63) is 71.3 Å². The number of carbonyl (C=O) groups is 2. The standard InChI is InChI=1S/C27H28N2O3S/c1-32-20-12-10-18(11-13-20)25(30)19-14-16-29(17-15-19)27(31)22-7-3-2-6-21(22)26-28-23-8-4-5-9-24(23)33-26/h2-5,8-13,19,21-22H,6-7,14-17H2,1H3. The minimum absolute atomic E-state index is 0.0336. The molecule has 6 heteroatoms. The minimum atomic E-state index is -0.0793. The molecule has 0 radical (unpaired) electrons. The summed E-state index contributed by atoms with van der Waals surface area (Å²) < 4.78 is 6.36. The van der Waals surface area contributed by atoms with Crippen molar-refractivity contribution in [2.24, 2.45) is 11.8 Å². The van der Waals surface area contributed by atoms with Crippen molar-refractivity contribution in [3.8, 4) is 5.75 Å². The first-order valence-corrected chi connectivity index (χ1v) is 12.4. The number of hydrogen-bond donors (Lipinski definition) is 0. The average Bonchev–Trinajstić information content (AvgIpc) is 3.32. The molecular weight excluding hydrogens is 432 g/mol. The van der Waals surface area contributed by atoms with E-state index in [1.807, 2.05) is 47.4 Å². The molecule has 0 bridgehead atoms. The lowest BCUT2D eigenvalue weighted by molar-refractivity contribution is -0.137. The second-order valence-corrected chi connectivity index (χ2v) is 9.93. The molecule has 2 atom stereocenters. The zero-order valence-corrected chi connectivity index (χ0v) is 19.6. The second-order valence-electron chi connectivity index (χ2n) is 8.87. The minimum Gasteiger partial charge on any atom is -0.497 e. The summed E-state index contributed by atoms with van der Waals surface area (Å²) in [6, 6.07) is 15.5. The van der Waals surface area contributed by atoms with Crippen molar-refractivity contribution < 1.29 is 14.3 Å². The summed E-state index contributed by atoms with van der Waals surface area (Å²) in [6.07, 6.45) is 7.34. The first kappa shape index (κ1) is 21.8. The molecule has 1 fully saturated rings. The molecule has 2 aliphatic rings. The number of thiazole rings is 1. The van der Waals surface area contributed by atoms with Crippen LogP contribution in [0.3, 0.4) is 0 Å². The smallest absolute Gasteiger partial charge is 0.226 e. The monoisotopic (exact) mass is 460 g/mol. The maximum atomic E-state index is 13.5. The van der Waals surface area contributed by atoms with Gasteiger partial charge in [-0.15, -0.1) is 11.3 Å². The quantitative estimate of drug-likeness (QED) is 0.374. The molecule has 0 N–H and O–H groups in total. The van der Waals surface area contributed by atoms with E-state index in [4.69, 9.17) is 9.72 Å². The Hall–Kier alpha value is -2.99. The SMILES string of the molecule is COc1ccc(C(=O)C2CCN(C(=O)C3CC=CCC3c3nc4ccccc4s3)CC2)cc1. The molecule has 170 valence electrons. The number of allylic oxidation sites excluding steroid dienone is 2. The molecule has 3 aromatic rings. The van der Waals surface area contributed by atoms with Crippen molar-refractivity contribution in [3.63, 3.8) is 0 Å². The van der Waals surface area contributed by atoms with Crippen molar-refractivity contribution in [2.45, 2.75) is 31.6 Å². The van der Waals surface area contributed by atoms with Gasteiger partial charge in [-0.3, -0.25) is 9.59 Å². The highest BCUT2D eigenvalue weighted by molar-refractivity contribution is 7.18. The Bertz CT molecular complexity index is 1140. The van der Waals surface area contributed by atoms with Crippen LogP contribution in [0.25, 0.3) is 10.2 Å². The number of hydrogen-bond acceptors (Lipinski definition) is 5. The molecule has 0 spiro atoms. The van der Waals surface area contributed by atoms with Gasteiger partial charge in [0.05, 0.1) is 28.3 Å². The van der Waals surface area contributed by atoms with Crippen LogP contribution in [0.2, 0.25) is 0 Å². The Balaban J connectivity index is 1.25. The third-order valence-electron chi connectivity index (χ3n) is 6.93. The van der Waals surface area contributed by atoms with E-state index in [1.54, 1.807) is 18.4 Å². The molecule has 1 amide bonds. The van der Waals surface area contributed by atoms with Gasteiger partial charge in [-0.2, -0.15) is 0 Å². The normalized spacial score (nSPS) is 21.3. The van der Waals surface area contributed by atoms with Crippen LogP contribution < -0.4 is 4.74 Å². The Morgan fingerprint density at radius 1 is 1.00 bits per heavy atom. The van der Waals surface area contributed by atoms with E-state index < -0.39 is 0 Å². The molecule has 33 heavy (non-hydrogen) atoms. The molecule has 1 aliphatic carbocycles. The van der Waals surface area contributed by atoms with Crippen LogP contribution >= 0.6 is 11.3 Å². The molecule has 1 saturated heterocycles. The number of piperidine rings is 1. The third kappa shape index (κ3) is 4.44. The lowest BCUT2D eigenvalue weighted by Gasteiger charge is -2.36. The summed E-state index contributed by atoms with van der Waals surface area (Å²) in [6.45, 7) is 1.27. The number of ketones is 1. The number of Topliss-reactive ketones (excluding diaryl/α,β-unsaturated/α-hetero) is 1. The number of benzene rings is 2. The van der Waals surface area contributed by atoms with E-state index in [0.29, 0.717) is 31.5 Å². The van der Waals surface area contributed by atoms with Crippen LogP contribution in [0.1, 0.15) is 47.0 Å². The van der Waals surface area contributed by atoms with Gasteiger partial charge in [0, 0.05) is 30.5 Å². The predicted octanol–water partition coefficient (Wildman–Crippen LogP) is 5.48.